The van der Waals surface area contributed by atoms with Crippen LogP contribution in [-0.4, -0.2) is 57.2 Å². The lowest BCUT2D eigenvalue weighted by Gasteiger charge is -2.33. The van der Waals surface area contributed by atoms with Crippen molar-refractivity contribution in [1.29, 1.82) is 0 Å². The molecule has 1 aliphatic heterocycles. The van der Waals surface area contributed by atoms with Crippen molar-refractivity contribution in [1.82, 2.24) is 19.4 Å². The Hall–Kier alpha value is -4.15. The van der Waals surface area contributed by atoms with E-state index in [-0.39, 0.29) is 29.4 Å². The van der Waals surface area contributed by atoms with E-state index in [1.807, 2.05) is 16.7 Å². The molecule has 1 aliphatic rings. The molecule has 1 atom stereocenters. The minimum atomic E-state index is -4.59. The van der Waals surface area contributed by atoms with E-state index >= 15 is 0 Å². The molecule has 11 heteroatoms. The molecule has 0 spiro atoms. The zero-order valence-corrected chi connectivity index (χ0v) is 21.1. The first kappa shape index (κ1) is 26.9. The van der Waals surface area contributed by atoms with E-state index < -0.39 is 17.6 Å². The molecule has 2 aromatic carbocycles. The molecule has 3 aromatic rings. The van der Waals surface area contributed by atoms with Gasteiger partial charge < -0.3 is 14.4 Å². The van der Waals surface area contributed by atoms with Crippen LogP contribution in [0.15, 0.2) is 55.1 Å². The molecule has 4 rings (SSSR count). The molecule has 1 fully saturated rings. The van der Waals surface area contributed by atoms with Gasteiger partial charge in [-0.05, 0) is 54.8 Å². The molecule has 200 valence electrons. The van der Waals surface area contributed by atoms with E-state index in [1.54, 1.807) is 22.9 Å². The first-order chi connectivity index (χ1) is 18.0. The molecule has 0 unspecified atom stereocenters. The number of imidazole rings is 1. The SMILES string of the molecule is C=CC(=O)N1CCC[C@@H](n2c(NC(=O)c3cccc(C(F)(F)F)c3)nc3cc(CN(C)C(C)=O)ccc32)C1. The topological polar surface area (TPSA) is 87.5 Å². The summed E-state index contributed by atoms with van der Waals surface area (Å²) in [5.41, 5.74) is 0.975. The second-order valence-corrected chi connectivity index (χ2v) is 9.32. The quantitative estimate of drug-likeness (QED) is 0.474. The van der Waals surface area contributed by atoms with Crippen LogP contribution in [0, 0.1) is 0 Å². The smallest absolute Gasteiger partial charge is 0.342 e. The number of carbonyl (C=O) groups is 3. The molecule has 8 nitrogen and oxygen atoms in total. The van der Waals surface area contributed by atoms with Gasteiger partial charge in [-0.15, -0.1) is 0 Å². The van der Waals surface area contributed by atoms with Crippen LogP contribution < -0.4 is 5.32 Å². The lowest BCUT2D eigenvalue weighted by Crippen LogP contribution is -2.40. The summed E-state index contributed by atoms with van der Waals surface area (Å²) in [4.78, 5) is 44.9. The van der Waals surface area contributed by atoms with Gasteiger partial charge in [0.15, 0.2) is 0 Å². The maximum Gasteiger partial charge on any atom is 0.416 e. The van der Waals surface area contributed by atoms with Crippen LogP contribution in [-0.2, 0) is 22.3 Å². The molecular weight excluding hydrogens is 499 g/mol. The fourth-order valence-corrected chi connectivity index (χ4v) is 4.59. The normalized spacial score (nSPS) is 15.8. The van der Waals surface area contributed by atoms with Crippen LogP contribution in [0.5, 0.6) is 0 Å². The highest BCUT2D eigenvalue weighted by molar-refractivity contribution is 6.04. The molecule has 1 N–H and O–H groups in total. The van der Waals surface area contributed by atoms with Crippen molar-refractivity contribution in [2.75, 3.05) is 25.5 Å². The number of anilines is 1. The van der Waals surface area contributed by atoms with Crippen LogP contribution in [0.3, 0.4) is 0 Å². The van der Waals surface area contributed by atoms with Gasteiger partial charge in [0, 0.05) is 39.2 Å². The summed E-state index contributed by atoms with van der Waals surface area (Å²) in [6.07, 6.45) is -1.92. The average molecular weight is 528 g/mol. The van der Waals surface area contributed by atoms with Crippen LogP contribution in [0.25, 0.3) is 11.0 Å². The molecule has 38 heavy (non-hydrogen) atoms. The van der Waals surface area contributed by atoms with Crippen molar-refractivity contribution >= 4 is 34.7 Å². The summed E-state index contributed by atoms with van der Waals surface area (Å²) in [5.74, 6) is -0.876. The van der Waals surface area contributed by atoms with Gasteiger partial charge in [-0.1, -0.05) is 18.7 Å². The van der Waals surface area contributed by atoms with E-state index in [2.05, 4.69) is 16.9 Å². The van der Waals surface area contributed by atoms with Gasteiger partial charge in [-0.3, -0.25) is 19.7 Å². The number of rotatable bonds is 6. The number of amides is 3. The highest BCUT2D eigenvalue weighted by Gasteiger charge is 2.31. The van der Waals surface area contributed by atoms with Crippen LogP contribution in [0.4, 0.5) is 19.1 Å². The molecule has 0 saturated carbocycles. The van der Waals surface area contributed by atoms with E-state index in [9.17, 15) is 27.6 Å². The summed E-state index contributed by atoms with van der Waals surface area (Å²) in [6, 6.07) is 9.44. The lowest BCUT2D eigenvalue weighted by molar-refractivity contribution is -0.137. The molecular formula is C27H28F3N5O3. The maximum atomic E-state index is 13.2. The predicted octanol–water partition coefficient (Wildman–Crippen LogP) is 4.64. The Morgan fingerprint density at radius 1 is 1.21 bits per heavy atom. The van der Waals surface area contributed by atoms with E-state index in [0.717, 1.165) is 17.7 Å². The number of benzene rings is 2. The maximum absolute atomic E-state index is 13.2. The lowest BCUT2D eigenvalue weighted by atomic mass is 10.0. The number of hydrogen-bond donors (Lipinski definition) is 1. The van der Waals surface area contributed by atoms with Gasteiger partial charge in [0.1, 0.15) is 0 Å². The summed E-state index contributed by atoms with van der Waals surface area (Å²) < 4.78 is 41.4. The predicted molar refractivity (Wildman–Crippen MR) is 136 cm³/mol. The molecule has 0 radical (unpaired) electrons. The minimum Gasteiger partial charge on any atom is -0.342 e. The van der Waals surface area contributed by atoms with Gasteiger partial charge in [-0.2, -0.15) is 13.2 Å². The number of hydrogen-bond acceptors (Lipinski definition) is 4. The van der Waals surface area contributed by atoms with E-state index in [0.29, 0.717) is 43.5 Å². The second kappa shape index (κ2) is 10.7. The molecule has 0 bridgehead atoms. The van der Waals surface area contributed by atoms with Crippen LogP contribution in [0.2, 0.25) is 0 Å². The van der Waals surface area contributed by atoms with Crippen LogP contribution >= 0.6 is 0 Å². The highest BCUT2D eigenvalue weighted by Crippen LogP contribution is 2.32. The third kappa shape index (κ3) is 5.71. The molecule has 1 saturated heterocycles. The largest absolute Gasteiger partial charge is 0.416 e. The number of carbonyl (C=O) groups excluding carboxylic acids is 3. The van der Waals surface area contributed by atoms with Gasteiger partial charge in [-0.25, -0.2) is 4.98 Å². The number of nitrogens with zero attached hydrogens (tertiary/aromatic N) is 4. The molecule has 1 aromatic heterocycles. The monoisotopic (exact) mass is 527 g/mol. The Labute approximate surface area is 217 Å². The first-order valence-corrected chi connectivity index (χ1v) is 12.1. The summed E-state index contributed by atoms with van der Waals surface area (Å²) in [6.45, 7) is 6.31. The standard InChI is InChI=1S/C27H28F3N5O3/c1-4-24(37)34-12-6-9-21(16-34)35-23-11-10-18(15-33(3)17(2)36)13-22(23)31-26(35)32-25(38)19-7-5-8-20(14-19)27(28,29)30/h4-5,7-8,10-11,13-14,21H,1,6,9,12,15-16H2,2-3H3,(H,31,32,38)/t21-/m1/s1. The minimum absolute atomic E-state index is 0.0983. The van der Waals surface area contributed by atoms with Crippen LogP contribution in [0.1, 0.15) is 47.3 Å². The Balaban J connectivity index is 1.73. The highest BCUT2D eigenvalue weighted by atomic mass is 19.4. The Morgan fingerprint density at radius 3 is 2.66 bits per heavy atom. The number of aromatic nitrogens is 2. The fourth-order valence-electron chi connectivity index (χ4n) is 4.59. The Kier molecular flexibility index (Phi) is 7.56. The zero-order chi connectivity index (χ0) is 27.6. The number of likely N-dealkylation sites (tertiary alicyclic amines) is 1. The van der Waals surface area contributed by atoms with Gasteiger partial charge >= 0.3 is 6.18 Å². The van der Waals surface area contributed by atoms with Gasteiger partial charge in [0.25, 0.3) is 5.91 Å². The molecule has 2 heterocycles. The molecule has 0 aliphatic carbocycles. The summed E-state index contributed by atoms with van der Waals surface area (Å²) >= 11 is 0. The number of piperidine rings is 1. The second-order valence-electron chi connectivity index (χ2n) is 9.32. The van der Waals surface area contributed by atoms with Gasteiger partial charge in [0.2, 0.25) is 17.8 Å². The van der Waals surface area contributed by atoms with Crippen molar-refractivity contribution in [2.45, 2.75) is 38.5 Å². The van der Waals surface area contributed by atoms with Crippen molar-refractivity contribution in [2.24, 2.45) is 0 Å². The fraction of sp³-hybridized carbons (Fsp3) is 0.333. The molecule has 3 amide bonds. The summed E-state index contributed by atoms with van der Waals surface area (Å²) in [7, 11) is 1.68. The van der Waals surface area contributed by atoms with Crippen molar-refractivity contribution < 1.29 is 27.6 Å². The zero-order valence-electron chi connectivity index (χ0n) is 21.1. The Bertz CT molecular complexity index is 1400. The van der Waals surface area contributed by atoms with Gasteiger partial charge in [0.05, 0.1) is 22.6 Å². The number of alkyl halides is 3. The average Bonchev–Trinajstić information content (AvgIpc) is 3.24. The number of halogens is 3. The van der Waals surface area contributed by atoms with Crippen molar-refractivity contribution in [3.05, 3.63) is 71.8 Å². The van der Waals surface area contributed by atoms with Crippen molar-refractivity contribution in [3.63, 3.8) is 0 Å². The number of fused-ring (bicyclic) bond motifs is 1. The van der Waals surface area contributed by atoms with Crippen molar-refractivity contribution in [3.8, 4) is 0 Å². The Morgan fingerprint density at radius 2 is 1.97 bits per heavy atom. The third-order valence-corrected chi connectivity index (χ3v) is 6.64. The third-order valence-electron chi connectivity index (χ3n) is 6.64. The summed E-state index contributed by atoms with van der Waals surface area (Å²) in [5, 5.41) is 2.69. The number of nitrogens with one attached hydrogen (secondary N) is 1. The van der Waals surface area contributed by atoms with E-state index in [4.69, 9.17) is 0 Å². The van der Waals surface area contributed by atoms with E-state index in [1.165, 1.54) is 25.1 Å². The first-order valence-electron chi connectivity index (χ1n) is 12.1.